The Morgan fingerprint density at radius 2 is 2.04 bits per heavy atom. The lowest BCUT2D eigenvalue weighted by Crippen LogP contribution is -2.39. The molecule has 1 aliphatic heterocycles. The van der Waals surface area contributed by atoms with E-state index in [-0.39, 0.29) is 18.0 Å². The predicted octanol–water partition coefficient (Wildman–Crippen LogP) is 4.86. The second kappa shape index (κ2) is 7.59. The molecule has 0 amide bonds. The third-order valence-corrected chi connectivity index (χ3v) is 6.35. The fourth-order valence-corrected chi connectivity index (χ4v) is 4.60. The van der Waals surface area contributed by atoms with Crippen LogP contribution >= 0.6 is 0 Å². The number of aromatic nitrogens is 1. The summed E-state index contributed by atoms with van der Waals surface area (Å²) in [5.41, 5.74) is 3.33. The first-order chi connectivity index (χ1) is 13.6. The number of carbonyl (C=O) groups is 1. The van der Waals surface area contributed by atoms with Gasteiger partial charge in [0.25, 0.3) is 0 Å². The number of fused-ring (bicyclic) bond motifs is 1. The number of carbonyl (C=O) groups excluding carboxylic acids is 1. The van der Waals surface area contributed by atoms with Crippen LogP contribution in [0.1, 0.15) is 37.9 Å². The van der Waals surface area contributed by atoms with Crippen molar-refractivity contribution in [3.8, 4) is 17.2 Å². The van der Waals surface area contributed by atoms with Crippen LogP contribution in [0.3, 0.4) is 0 Å². The Kier molecular flexibility index (Phi) is 5.00. The Bertz CT molecular complexity index is 942. The number of hydrogen-bond donors (Lipinski definition) is 0. The van der Waals surface area contributed by atoms with Gasteiger partial charge < -0.3 is 4.74 Å². The molecule has 0 unspecified atom stereocenters. The number of pyridine rings is 1. The maximum absolute atomic E-state index is 11.8. The Labute approximate surface area is 165 Å². The molecule has 0 radical (unpaired) electrons. The Morgan fingerprint density at radius 3 is 2.79 bits per heavy atom. The lowest BCUT2D eigenvalue weighted by atomic mass is 9.67. The van der Waals surface area contributed by atoms with Gasteiger partial charge in [-0.05, 0) is 36.5 Å². The molecule has 0 spiro atoms. The molecular formula is C24H24N2O2. The highest BCUT2D eigenvalue weighted by Gasteiger charge is 2.46. The van der Waals surface area contributed by atoms with Crippen molar-refractivity contribution in [1.82, 2.24) is 4.98 Å². The smallest absolute Gasteiger partial charge is 0.306 e. The molecule has 5 atom stereocenters. The minimum Gasteiger partial charge on any atom is -0.461 e. The summed E-state index contributed by atoms with van der Waals surface area (Å²) in [5, 5.41) is 9.28. The minimum absolute atomic E-state index is 0.00303. The number of hydrogen-bond acceptors (Lipinski definition) is 4. The predicted molar refractivity (Wildman–Crippen MR) is 108 cm³/mol. The molecule has 2 aliphatic rings. The number of nitrogens with zero attached hydrogens (tertiary/aromatic N) is 2. The molecule has 0 N–H and O–H groups in total. The molecule has 4 rings (SSSR count). The molecule has 28 heavy (non-hydrogen) atoms. The van der Waals surface area contributed by atoms with Crippen molar-refractivity contribution in [2.24, 2.45) is 23.7 Å². The van der Waals surface area contributed by atoms with Crippen molar-refractivity contribution in [2.45, 2.75) is 32.8 Å². The monoisotopic (exact) mass is 372 g/mol. The van der Waals surface area contributed by atoms with Gasteiger partial charge in [0.2, 0.25) is 0 Å². The molecule has 1 saturated heterocycles. The number of esters is 1. The van der Waals surface area contributed by atoms with Gasteiger partial charge in [-0.15, -0.1) is 0 Å². The van der Waals surface area contributed by atoms with Crippen molar-refractivity contribution >= 4 is 12.0 Å². The van der Waals surface area contributed by atoms with E-state index < -0.39 is 0 Å². The molecule has 1 aromatic carbocycles. The van der Waals surface area contributed by atoms with Gasteiger partial charge in [0.15, 0.2) is 0 Å². The summed E-state index contributed by atoms with van der Waals surface area (Å²) in [5.74, 6) is 1.54. The highest BCUT2D eigenvalue weighted by Crippen LogP contribution is 2.45. The van der Waals surface area contributed by atoms with E-state index in [1.807, 2.05) is 42.5 Å². The number of benzene rings is 1. The van der Waals surface area contributed by atoms with E-state index >= 15 is 0 Å². The zero-order valence-corrected chi connectivity index (χ0v) is 16.2. The molecule has 2 heterocycles. The average molecular weight is 372 g/mol. The van der Waals surface area contributed by atoms with Crippen molar-refractivity contribution in [1.29, 1.82) is 5.26 Å². The van der Waals surface area contributed by atoms with Gasteiger partial charge in [0, 0.05) is 29.2 Å². The van der Waals surface area contributed by atoms with Gasteiger partial charge in [-0.3, -0.25) is 9.78 Å². The van der Waals surface area contributed by atoms with Crippen LogP contribution in [0.2, 0.25) is 0 Å². The summed E-state index contributed by atoms with van der Waals surface area (Å²) in [7, 11) is 0. The van der Waals surface area contributed by atoms with Crippen LogP contribution in [0, 0.1) is 35.0 Å². The topological polar surface area (TPSA) is 63.0 Å². The van der Waals surface area contributed by atoms with Crippen molar-refractivity contribution in [3.05, 3.63) is 59.9 Å². The van der Waals surface area contributed by atoms with Crippen LogP contribution < -0.4 is 0 Å². The quantitative estimate of drug-likeness (QED) is 0.722. The summed E-state index contributed by atoms with van der Waals surface area (Å²) in [6.07, 6.45) is 7.62. The molecule has 2 fully saturated rings. The standard InChI is InChI=1S/C24H24N2O2/c1-15-11-19-12-23(27)28-24(19)21(16(15)2)10-9-20-8-7-18(14-26-20)22-6-4-3-5-17(22)13-25/h3-10,14-16,19,21,24H,11-12H2,1-2H3/b10-9+/t15-,16+,19+,21-,24-/m0/s1. The number of ether oxygens (including phenoxy) is 1. The molecule has 1 aromatic heterocycles. The maximum atomic E-state index is 11.8. The zero-order valence-electron chi connectivity index (χ0n) is 16.2. The van der Waals surface area contributed by atoms with Gasteiger partial charge in [-0.1, -0.05) is 44.2 Å². The Balaban J connectivity index is 1.54. The van der Waals surface area contributed by atoms with Gasteiger partial charge in [-0.25, -0.2) is 0 Å². The second-order valence-corrected chi connectivity index (χ2v) is 8.06. The van der Waals surface area contributed by atoms with E-state index in [0.29, 0.717) is 29.7 Å². The van der Waals surface area contributed by atoms with Gasteiger partial charge >= 0.3 is 5.97 Å². The van der Waals surface area contributed by atoms with Gasteiger partial charge in [-0.2, -0.15) is 5.26 Å². The van der Waals surface area contributed by atoms with E-state index in [2.05, 4.69) is 31.0 Å². The molecule has 142 valence electrons. The molecule has 4 heteroatoms. The highest BCUT2D eigenvalue weighted by molar-refractivity contribution is 5.72. The van der Waals surface area contributed by atoms with Crippen LogP contribution in [-0.2, 0) is 9.53 Å². The third-order valence-electron chi connectivity index (χ3n) is 6.35. The van der Waals surface area contributed by atoms with Crippen LogP contribution in [0.15, 0.2) is 48.7 Å². The summed E-state index contributed by atoms with van der Waals surface area (Å²) in [6.45, 7) is 4.52. The normalized spacial score (nSPS) is 29.3. The average Bonchev–Trinajstić information content (AvgIpc) is 3.08. The number of nitriles is 1. The third kappa shape index (κ3) is 3.45. The van der Waals surface area contributed by atoms with Crippen molar-refractivity contribution < 1.29 is 9.53 Å². The van der Waals surface area contributed by atoms with E-state index in [1.165, 1.54) is 0 Å². The zero-order chi connectivity index (χ0) is 19.7. The summed E-state index contributed by atoms with van der Waals surface area (Å²) >= 11 is 0. The first kappa shape index (κ1) is 18.4. The Morgan fingerprint density at radius 1 is 1.21 bits per heavy atom. The van der Waals surface area contributed by atoms with Crippen LogP contribution in [0.25, 0.3) is 17.2 Å². The highest BCUT2D eigenvalue weighted by atomic mass is 16.6. The Hall–Kier alpha value is -2.93. The summed E-state index contributed by atoms with van der Waals surface area (Å²) < 4.78 is 5.65. The van der Waals surface area contributed by atoms with E-state index in [1.54, 1.807) is 6.20 Å². The summed E-state index contributed by atoms with van der Waals surface area (Å²) in [4.78, 5) is 16.3. The second-order valence-electron chi connectivity index (χ2n) is 8.06. The van der Waals surface area contributed by atoms with Crippen LogP contribution in [0.4, 0.5) is 0 Å². The van der Waals surface area contributed by atoms with Crippen molar-refractivity contribution in [2.75, 3.05) is 0 Å². The fraction of sp³-hybridized carbons (Fsp3) is 0.375. The fourth-order valence-electron chi connectivity index (χ4n) is 4.60. The molecular weight excluding hydrogens is 348 g/mol. The van der Waals surface area contributed by atoms with Crippen LogP contribution in [-0.4, -0.2) is 17.1 Å². The van der Waals surface area contributed by atoms with E-state index in [4.69, 9.17) is 4.74 Å². The molecule has 0 bridgehead atoms. The maximum Gasteiger partial charge on any atom is 0.306 e. The van der Waals surface area contributed by atoms with Crippen molar-refractivity contribution in [3.63, 3.8) is 0 Å². The largest absolute Gasteiger partial charge is 0.461 e. The van der Waals surface area contributed by atoms with Gasteiger partial charge in [0.1, 0.15) is 6.10 Å². The first-order valence-electron chi connectivity index (χ1n) is 9.90. The van der Waals surface area contributed by atoms with Gasteiger partial charge in [0.05, 0.1) is 23.7 Å². The SMILES string of the molecule is C[C@H]1[C@H](/C=C/c2ccc(-c3ccccc3C#N)cn2)[C@H]2OC(=O)C[C@H]2C[C@@H]1C. The first-order valence-corrected chi connectivity index (χ1v) is 9.90. The van der Waals surface area contributed by atoms with E-state index in [0.717, 1.165) is 23.2 Å². The molecule has 4 nitrogen and oxygen atoms in total. The molecule has 1 saturated carbocycles. The van der Waals surface area contributed by atoms with E-state index in [9.17, 15) is 10.1 Å². The summed E-state index contributed by atoms with van der Waals surface area (Å²) in [6, 6.07) is 13.7. The lowest BCUT2D eigenvalue weighted by Gasteiger charge is -2.39. The minimum atomic E-state index is -0.0617. The molecule has 2 aromatic rings. The lowest BCUT2D eigenvalue weighted by molar-refractivity contribution is -0.144. The number of rotatable bonds is 3. The van der Waals surface area contributed by atoms with Crippen LogP contribution in [0.5, 0.6) is 0 Å². The molecule has 1 aliphatic carbocycles.